The lowest BCUT2D eigenvalue weighted by molar-refractivity contribution is 0.0913. The fourth-order valence-electron chi connectivity index (χ4n) is 2.75. The summed E-state index contributed by atoms with van der Waals surface area (Å²) in [4.78, 5) is 15.5. The first-order chi connectivity index (χ1) is 7.96. The van der Waals surface area contributed by atoms with E-state index in [1.807, 2.05) is 6.07 Å². The molecule has 1 heterocycles. The van der Waals surface area contributed by atoms with Gasteiger partial charge in [-0.15, -0.1) is 0 Å². The molecule has 2 N–H and O–H groups in total. The largest absolute Gasteiger partial charge is 0.508 e. The van der Waals surface area contributed by atoms with Crippen LogP contribution in [0.15, 0.2) is 18.2 Å². The van der Waals surface area contributed by atoms with Gasteiger partial charge in [-0.2, -0.15) is 0 Å². The summed E-state index contributed by atoms with van der Waals surface area (Å²) >= 11 is 0. The van der Waals surface area contributed by atoms with Gasteiger partial charge in [-0.25, -0.2) is 0 Å². The van der Waals surface area contributed by atoms with Gasteiger partial charge in [0.25, 0.3) is 0 Å². The average molecular weight is 229 g/mol. The number of nitrogens with one attached hydrogen (secondary N) is 1. The lowest BCUT2D eigenvalue weighted by Crippen LogP contribution is -2.26. The molecular weight excluding hydrogens is 214 g/mol. The first kappa shape index (κ1) is 10.4. The van der Waals surface area contributed by atoms with Crippen molar-refractivity contribution in [3.8, 4) is 5.75 Å². The van der Waals surface area contributed by atoms with Crippen molar-refractivity contribution in [2.45, 2.75) is 26.7 Å². The van der Waals surface area contributed by atoms with Crippen LogP contribution in [0.4, 0.5) is 0 Å². The van der Waals surface area contributed by atoms with Gasteiger partial charge in [0, 0.05) is 28.6 Å². The number of phenols is 1. The fraction of sp³-hybridized carbons (Fsp3) is 0.357. The van der Waals surface area contributed by atoms with Gasteiger partial charge in [-0.05, 0) is 30.0 Å². The zero-order chi connectivity index (χ0) is 12.2. The second-order valence-corrected chi connectivity index (χ2v) is 5.65. The lowest BCUT2D eigenvalue weighted by atomic mass is 9.76. The molecule has 3 heteroatoms. The van der Waals surface area contributed by atoms with Gasteiger partial charge in [0.05, 0.1) is 0 Å². The zero-order valence-corrected chi connectivity index (χ0v) is 10.0. The van der Waals surface area contributed by atoms with Crippen LogP contribution in [-0.4, -0.2) is 15.9 Å². The summed E-state index contributed by atoms with van der Waals surface area (Å²) in [5, 5.41) is 10.4. The highest BCUT2D eigenvalue weighted by atomic mass is 16.3. The van der Waals surface area contributed by atoms with E-state index in [9.17, 15) is 9.90 Å². The Bertz CT molecular complexity index is 622. The van der Waals surface area contributed by atoms with E-state index in [1.165, 1.54) is 0 Å². The summed E-state index contributed by atoms with van der Waals surface area (Å²) in [6.07, 6.45) is 1.45. The number of ketones is 1. The second-order valence-electron chi connectivity index (χ2n) is 5.65. The molecule has 1 aromatic heterocycles. The molecule has 0 atom stereocenters. The van der Waals surface area contributed by atoms with Crippen molar-refractivity contribution in [2.24, 2.45) is 5.41 Å². The number of benzene rings is 1. The maximum Gasteiger partial charge on any atom is 0.165 e. The van der Waals surface area contributed by atoms with Gasteiger partial charge in [0.2, 0.25) is 0 Å². The van der Waals surface area contributed by atoms with Gasteiger partial charge in [0.1, 0.15) is 5.75 Å². The van der Waals surface area contributed by atoms with Crippen molar-refractivity contribution >= 4 is 16.7 Å². The number of hydrogen-bond donors (Lipinski definition) is 2. The van der Waals surface area contributed by atoms with Crippen LogP contribution in [0.1, 0.15) is 36.3 Å². The summed E-state index contributed by atoms with van der Waals surface area (Å²) in [5.74, 6) is 0.380. The number of phenolic OH excluding ortho intramolecular Hbond substituents is 1. The van der Waals surface area contributed by atoms with Gasteiger partial charge < -0.3 is 10.1 Å². The Morgan fingerprint density at radius 3 is 2.82 bits per heavy atom. The summed E-state index contributed by atoms with van der Waals surface area (Å²) in [6, 6.07) is 5.13. The number of aromatic amines is 1. The molecule has 0 bridgehead atoms. The minimum absolute atomic E-state index is 0.0208. The van der Waals surface area contributed by atoms with Gasteiger partial charge in [0.15, 0.2) is 5.78 Å². The predicted molar refractivity (Wildman–Crippen MR) is 66.4 cm³/mol. The summed E-state index contributed by atoms with van der Waals surface area (Å²) in [5.41, 5.74) is 2.73. The molecule has 0 fully saturated rings. The highest BCUT2D eigenvalue weighted by molar-refractivity contribution is 6.10. The molecule has 0 amide bonds. The third-order valence-electron chi connectivity index (χ3n) is 3.43. The standard InChI is InChI=1S/C14H15NO2/c1-14(2)6-11-13(12(17)7-14)9-5-8(16)3-4-10(9)15-11/h3-5,15-16H,6-7H2,1-2H3. The van der Waals surface area contributed by atoms with Crippen LogP contribution in [-0.2, 0) is 6.42 Å². The topological polar surface area (TPSA) is 53.1 Å². The Kier molecular flexibility index (Phi) is 1.91. The molecule has 2 aromatic rings. The van der Waals surface area contributed by atoms with Gasteiger partial charge >= 0.3 is 0 Å². The number of Topliss-reactive ketones (excluding diaryl/α,β-unsaturated/α-hetero) is 1. The molecule has 0 saturated carbocycles. The average Bonchev–Trinajstić information content (AvgIpc) is 2.52. The molecule has 1 aromatic carbocycles. The Balaban J connectivity index is 2.29. The minimum atomic E-state index is 0.0208. The molecule has 0 unspecified atom stereocenters. The van der Waals surface area contributed by atoms with E-state index in [-0.39, 0.29) is 16.9 Å². The van der Waals surface area contributed by atoms with Crippen LogP contribution < -0.4 is 0 Å². The minimum Gasteiger partial charge on any atom is -0.508 e. The van der Waals surface area contributed by atoms with Crippen molar-refractivity contribution in [3.63, 3.8) is 0 Å². The number of carbonyl (C=O) groups excluding carboxylic acids is 1. The molecule has 3 rings (SSSR count). The third-order valence-corrected chi connectivity index (χ3v) is 3.43. The Morgan fingerprint density at radius 1 is 1.29 bits per heavy atom. The van der Waals surface area contributed by atoms with Crippen molar-refractivity contribution in [2.75, 3.05) is 0 Å². The van der Waals surface area contributed by atoms with Crippen LogP contribution >= 0.6 is 0 Å². The lowest BCUT2D eigenvalue weighted by Gasteiger charge is -2.28. The van der Waals surface area contributed by atoms with Crippen LogP contribution in [0.2, 0.25) is 0 Å². The zero-order valence-electron chi connectivity index (χ0n) is 10.0. The van der Waals surface area contributed by atoms with E-state index in [2.05, 4.69) is 18.8 Å². The monoisotopic (exact) mass is 229 g/mol. The van der Waals surface area contributed by atoms with Crippen molar-refractivity contribution in [1.29, 1.82) is 0 Å². The van der Waals surface area contributed by atoms with Crippen LogP contribution in [0.3, 0.4) is 0 Å². The number of aromatic hydroxyl groups is 1. The van der Waals surface area contributed by atoms with Gasteiger partial charge in [-0.1, -0.05) is 13.8 Å². The molecule has 0 radical (unpaired) electrons. The van der Waals surface area contributed by atoms with Crippen molar-refractivity contribution < 1.29 is 9.90 Å². The van der Waals surface area contributed by atoms with E-state index in [0.29, 0.717) is 6.42 Å². The molecule has 1 aliphatic carbocycles. The number of H-pyrrole nitrogens is 1. The summed E-state index contributed by atoms with van der Waals surface area (Å²) in [6.45, 7) is 4.22. The number of hydrogen-bond acceptors (Lipinski definition) is 2. The Hall–Kier alpha value is -1.77. The highest BCUT2D eigenvalue weighted by Gasteiger charge is 2.33. The van der Waals surface area contributed by atoms with E-state index >= 15 is 0 Å². The quantitative estimate of drug-likeness (QED) is 0.729. The van der Waals surface area contributed by atoms with Gasteiger partial charge in [-0.3, -0.25) is 4.79 Å². The van der Waals surface area contributed by atoms with E-state index in [0.717, 1.165) is 28.6 Å². The summed E-state index contributed by atoms with van der Waals surface area (Å²) < 4.78 is 0. The summed E-state index contributed by atoms with van der Waals surface area (Å²) in [7, 11) is 0. The predicted octanol–water partition coefficient (Wildman–Crippen LogP) is 3.03. The van der Waals surface area contributed by atoms with E-state index in [1.54, 1.807) is 12.1 Å². The van der Waals surface area contributed by atoms with E-state index in [4.69, 9.17) is 0 Å². The Morgan fingerprint density at radius 2 is 2.06 bits per heavy atom. The fourth-order valence-corrected chi connectivity index (χ4v) is 2.75. The normalized spacial score (nSPS) is 18.4. The third kappa shape index (κ3) is 1.54. The van der Waals surface area contributed by atoms with Crippen LogP contribution in [0.25, 0.3) is 10.9 Å². The molecule has 0 aliphatic heterocycles. The molecule has 17 heavy (non-hydrogen) atoms. The number of carbonyl (C=O) groups is 1. The highest BCUT2D eigenvalue weighted by Crippen LogP contribution is 2.38. The second kappa shape index (κ2) is 3.13. The molecule has 0 spiro atoms. The van der Waals surface area contributed by atoms with Crippen LogP contribution in [0.5, 0.6) is 5.75 Å². The molecule has 3 nitrogen and oxygen atoms in total. The Labute approximate surface area is 99.5 Å². The van der Waals surface area contributed by atoms with E-state index < -0.39 is 0 Å². The SMILES string of the molecule is CC1(C)CC(=O)c2c([nH]c3ccc(O)cc23)C1. The number of rotatable bonds is 0. The molecule has 88 valence electrons. The first-order valence-electron chi connectivity index (χ1n) is 5.83. The maximum absolute atomic E-state index is 12.2. The maximum atomic E-state index is 12.2. The first-order valence-corrected chi connectivity index (χ1v) is 5.83. The molecule has 0 saturated heterocycles. The number of fused-ring (bicyclic) bond motifs is 3. The van der Waals surface area contributed by atoms with Crippen molar-refractivity contribution in [1.82, 2.24) is 4.98 Å². The van der Waals surface area contributed by atoms with Crippen molar-refractivity contribution in [3.05, 3.63) is 29.5 Å². The molecule has 1 aliphatic rings. The number of aromatic nitrogens is 1. The smallest absolute Gasteiger partial charge is 0.165 e. The molecular formula is C14H15NO2. The van der Waals surface area contributed by atoms with Crippen LogP contribution in [0, 0.1) is 5.41 Å².